The summed E-state index contributed by atoms with van der Waals surface area (Å²) < 4.78 is 11.1. The van der Waals surface area contributed by atoms with Crippen molar-refractivity contribution in [3.05, 3.63) is 71.1 Å². The second-order valence-corrected chi connectivity index (χ2v) is 9.28. The largest absolute Gasteiger partial charge is 0.486 e. The van der Waals surface area contributed by atoms with Crippen LogP contribution in [0, 0.1) is 5.41 Å². The molecule has 0 radical (unpaired) electrons. The molecule has 1 unspecified atom stereocenters. The Balaban J connectivity index is 1.36. The summed E-state index contributed by atoms with van der Waals surface area (Å²) in [6.45, 7) is 1.75. The number of nitrogens with zero attached hydrogens (tertiary/aromatic N) is 1. The van der Waals surface area contributed by atoms with E-state index in [9.17, 15) is 9.59 Å². The molecular formula is C25H24N2O4S. The van der Waals surface area contributed by atoms with Crippen molar-refractivity contribution in [2.75, 3.05) is 26.3 Å². The van der Waals surface area contributed by atoms with Crippen LogP contribution in [0.15, 0.2) is 60.0 Å². The van der Waals surface area contributed by atoms with Gasteiger partial charge in [-0.1, -0.05) is 30.3 Å². The molecule has 3 heterocycles. The summed E-state index contributed by atoms with van der Waals surface area (Å²) in [5.74, 6) is 0.730. The van der Waals surface area contributed by atoms with Crippen LogP contribution >= 0.6 is 11.3 Å². The minimum Gasteiger partial charge on any atom is -0.486 e. The van der Waals surface area contributed by atoms with E-state index in [1.54, 1.807) is 34.4 Å². The predicted octanol–water partition coefficient (Wildman–Crippen LogP) is 3.75. The van der Waals surface area contributed by atoms with Gasteiger partial charge < -0.3 is 20.1 Å². The number of nitrogens with two attached hydrogens (primary N) is 1. The number of fused-ring (bicyclic) bond motifs is 1. The SMILES string of the molecule is NC(=O)C1(Cc2cccc(-c3cccs3)c2)CCN(C(=O)c2ccc3c(c2)OCCO3)C1. The van der Waals surface area contributed by atoms with Crippen molar-refractivity contribution in [1.82, 2.24) is 4.90 Å². The van der Waals surface area contributed by atoms with Gasteiger partial charge in [-0.25, -0.2) is 0 Å². The molecule has 0 spiro atoms. The summed E-state index contributed by atoms with van der Waals surface area (Å²) in [5.41, 5.74) is 7.81. The molecule has 5 rings (SSSR count). The minimum absolute atomic E-state index is 0.127. The number of rotatable bonds is 5. The number of primary amides is 1. The predicted molar refractivity (Wildman–Crippen MR) is 123 cm³/mol. The highest BCUT2D eigenvalue weighted by Gasteiger charge is 2.45. The molecule has 0 bridgehead atoms. The molecule has 2 N–H and O–H groups in total. The zero-order valence-corrected chi connectivity index (χ0v) is 18.4. The summed E-state index contributed by atoms with van der Waals surface area (Å²) in [7, 11) is 0. The van der Waals surface area contributed by atoms with E-state index >= 15 is 0 Å². The number of hydrogen-bond acceptors (Lipinski definition) is 5. The van der Waals surface area contributed by atoms with E-state index in [0.717, 1.165) is 11.1 Å². The first-order chi connectivity index (χ1) is 15.5. The van der Waals surface area contributed by atoms with Gasteiger partial charge in [0.15, 0.2) is 11.5 Å². The fourth-order valence-corrected chi connectivity index (χ4v) is 5.23. The number of amides is 2. The van der Waals surface area contributed by atoms with Crippen LogP contribution < -0.4 is 15.2 Å². The van der Waals surface area contributed by atoms with Crippen molar-refractivity contribution in [3.8, 4) is 21.9 Å². The Morgan fingerprint density at radius 3 is 2.66 bits per heavy atom. The fraction of sp³-hybridized carbons (Fsp3) is 0.280. The number of likely N-dealkylation sites (tertiary alicyclic amines) is 1. The number of hydrogen-bond donors (Lipinski definition) is 1. The smallest absolute Gasteiger partial charge is 0.254 e. The van der Waals surface area contributed by atoms with Crippen molar-refractivity contribution >= 4 is 23.2 Å². The van der Waals surface area contributed by atoms with Crippen LogP contribution in [0.25, 0.3) is 10.4 Å². The lowest BCUT2D eigenvalue weighted by Crippen LogP contribution is -2.42. The Hall–Kier alpha value is -3.32. The summed E-state index contributed by atoms with van der Waals surface area (Å²) in [5, 5.41) is 2.05. The van der Waals surface area contributed by atoms with Crippen LogP contribution in [0.2, 0.25) is 0 Å². The lowest BCUT2D eigenvalue weighted by atomic mass is 9.80. The van der Waals surface area contributed by atoms with Gasteiger partial charge in [0.25, 0.3) is 5.91 Å². The number of carbonyl (C=O) groups is 2. The van der Waals surface area contributed by atoms with Crippen LogP contribution in [-0.2, 0) is 11.2 Å². The molecule has 32 heavy (non-hydrogen) atoms. The highest BCUT2D eigenvalue weighted by atomic mass is 32.1. The van der Waals surface area contributed by atoms with Crippen molar-refractivity contribution < 1.29 is 19.1 Å². The molecule has 0 aliphatic carbocycles. The van der Waals surface area contributed by atoms with E-state index in [4.69, 9.17) is 15.2 Å². The molecule has 3 aromatic rings. The van der Waals surface area contributed by atoms with Gasteiger partial charge in [0.1, 0.15) is 13.2 Å². The Labute approximate surface area is 190 Å². The first-order valence-corrected chi connectivity index (χ1v) is 11.5. The minimum atomic E-state index is -0.780. The van der Waals surface area contributed by atoms with Gasteiger partial charge in [-0.2, -0.15) is 0 Å². The molecule has 2 aliphatic rings. The normalized spacial score (nSPS) is 19.7. The van der Waals surface area contributed by atoms with Gasteiger partial charge in [0.05, 0.1) is 5.41 Å². The Morgan fingerprint density at radius 2 is 1.88 bits per heavy atom. The molecule has 164 valence electrons. The second-order valence-electron chi connectivity index (χ2n) is 8.33. The van der Waals surface area contributed by atoms with Crippen molar-refractivity contribution in [1.29, 1.82) is 0 Å². The van der Waals surface area contributed by atoms with Gasteiger partial charge in [-0.3, -0.25) is 9.59 Å². The van der Waals surface area contributed by atoms with Crippen molar-refractivity contribution in [2.24, 2.45) is 11.1 Å². The summed E-state index contributed by atoms with van der Waals surface area (Å²) >= 11 is 1.68. The third-order valence-corrected chi connectivity index (χ3v) is 7.15. The Morgan fingerprint density at radius 1 is 1.03 bits per heavy atom. The quantitative estimate of drug-likeness (QED) is 0.645. The molecule has 6 nitrogen and oxygen atoms in total. The van der Waals surface area contributed by atoms with Crippen LogP contribution in [0.3, 0.4) is 0 Å². The van der Waals surface area contributed by atoms with Crippen LogP contribution in [0.5, 0.6) is 11.5 Å². The Bertz CT molecular complexity index is 1160. The summed E-state index contributed by atoms with van der Waals surface area (Å²) in [4.78, 5) is 28.7. The van der Waals surface area contributed by atoms with E-state index < -0.39 is 5.41 Å². The standard InChI is InChI=1S/C25H24N2O4S/c26-24(29)25(15-17-3-1-4-18(13-17)22-5-2-12-32-22)8-9-27(16-25)23(28)19-6-7-20-21(14-19)31-11-10-30-20/h1-7,12-14H,8-11,15-16H2,(H2,26,29). The number of ether oxygens (including phenoxy) is 2. The highest BCUT2D eigenvalue weighted by Crippen LogP contribution is 2.37. The van der Waals surface area contributed by atoms with Crippen LogP contribution in [-0.4, -0.2) is 43.0 Å². The molecular weight excluding hydrogens is 424 g/mol. The van der Waals surface area contributed by atoms with E-state index in [1.165, 1.54) is 4.88 Å². The highest BCUT2D eigenvalue weighted by molar-refractivity contribution is 7.13. The van der Waals surface area contributed by atoms with E-state index in [2.05, 4.69) is 18.2 Å². The molecule has 1 atom stereocenters. The number of thiophene rings is 1. The number of benzene rings is 2. The fourth-order valence-electron chi connectivity index (χ4n) is 4.51. The molecule has 0 saturated carbocycles. The first kappa shape index (κ1) is 20.6. The third kappa shape index (κ3) is 3.84. The molecule has 7 heteroatoms. The Kier molecular flexibility index (Phi) is 5.35. The zero-order valence-electron chi connectivity index (χ0n) is 17.6. The van der Waals surface area contributed by atoms with Gasteiger partial charge in [-0.05, 0) is 53.6 Å². The van der Waals surface area contributed by atoms with Gasteiger partial charge in [-0.15, -0.1) is 11.3 Å². The molecule has 2 aliphatic heterocycles. The van der Waals surface area contributed by atoms with Crippen molar-refractivity contribution in [2.45, 2.75) is 12.8 Å². The van der Waals surface area contributed by atoms with Crippen LogP contribution in [0.1, 0.15) is 22.3 Å². The van der Waals surface area contributed by atoms with Crippen LogP contribution in [0.4, 0.5) is 0 Å². The van der Waals surface area contributed by atoms with E-state index in [0.29, 0.717) is 56.2 Å². The van der Waals surface area contributed by atoms with Gasteiger partial charge in [0, 0.05) is 23.5 Å². The molecule has 2 amide bonds. The molecule has 1 aromatic heterocycles. The van der Waals surface area contributed by atoms with E-state index in [1.807, 2.05) is 23.6 Å². The van der Waals surface area contributed by atoms with E-state index in [-0.39, 0.29) is 11.8 Å². The maximum Gasteiger partial charge on any atom is 0.254 e. The summed E-state index contributed by atoms with van der Waals surface area (Å²) in [6, 6.07) is 17.5. The summed E-state index contributed by atoms with van der Waals surface area (Å²) in [6.07, 6.45) is 1.05. The van der Waals surface area contributed by atoms with Crippen molar-refractivity contribution in [3.63, 3.8) is 0 Å². The average molecular weight is 449 g/mol. The van der Waals surface area contributed by atoms with Gasteiger partial charge in [0.2, 0.25) is 5.91 Å². The lowest BCUT2D eigenvalue weighted by molar-refractivity contribution is -0.126. The monoisotopic (exact) mass is 448 g/mol. The average Bonchev–Trinajstić information content (AvgIpc) is 3.50. The first-order valence-electron chi connectivity index (χ1n) is 10.7. The van der Waals surface area contributed by atoms with Gasteiger partial charge >= 0.3 is 0 Å². The molecule has 1 fully saturated rings. The number of carbonyl (C=O) groups excluding carboxylic acids is 2. The zero-order chi connectivity index (χ0) is 22.1. The molecule has 2 aromatic carbocycles. The topological polar surface area (TPSA) is 81.9 Å². The second kappa shape index (κ2) is 8.31. The third-order valence-electron chi connectivity index (χ3n) is 6.23. The lowest BCUT2D eigenvalue weighted by Gasteiger charge is -2.26. The maximum atomic E-state index is 13.2. The molecule has 1 saturated heterocycles. The maximum absolute atomic E-state index is 13.2.